The molecule has 0 aliphatic rings. The molecular weight excluding hydrogens is 340 g/mol. The summed E-state index contributed by atoms with van der Waals surface area (Å²) >= 11 is 0. The zero-order valence-electron chi connectivity index (χ0n) is 11.7. The maximum absolute atomic E-state index is 12.0. The fourth-order valence-corrected chi connectivity index (χ4v) is 3.08. The number of nitrogens with one attached hydrogen (secondary N) is 1. The van der Waals surface area contributed by atoms with Gasteiger partial charge in [-0.2, -0.15) is 0 Å². The van der Waals surface area contributed by atoms with Crippen LogP contribution in [-0.2, 0) is 25.4 Å². The number of sulfone groups is 1. The lowest BCUT2D eigenvalue weighted by Gasteiger charge is -2.07. The SMILES string of the molecule is CCn1cc(S(=O)(=O)Cl)cc1C(=O)NCCS(=O)(=O)CC. The molecule has 1 aromatic rings. The van der Waals surface area contributed by atoms with Crippen LogP contribution < -0.4 is 5.32 Å². The molecule has 0 aliphatic heterocycles. The molecule has 0 bridgehead atoms. The molecule has 1 aromatic heterocycles. The van der Waals surface area contributed by atoms with E-state index < -0.39 is 24.8 Å². The minimum atomic E-state index is -3.92. The zero-order valence-corrected chi connectivity index (χ0v) is 14.1. The van der Waals surface area contributed by atoms with Crippen LogP contribution in [-0.4, -0.2) is 45.4 Å². The number of aryl methyl sites for hydroxylation is 1. The van der Waals surface area contributed by atoms with Crippen LogP contribution in [0.3, 0.4) is 0 Å². The van der Waals surface area contributed by atoms with Crippen molar-refractivity contribution in [2.24, 2.45) is 0 Å². The van der Waals surface area contributed by atoms with Crippen LogP contribution in [0.5, 0.6) is 0 Å². The van der Waals surface area contributed by atoms with Crippen molar-refractivity contribution in [3.63, 3.8) is 0 Å². The molecule has 1 rings (SSSR count). The van der Waals surface area contributed by atoms with Crippen molar-refractivity contribution in [2.75, 3.05) is 18.1 Å². The van der Waals surface area contributed by atoms with Gasteiger partial charge in [-0.3, -0.25) is 4.79 Å². The Morgan fingerprint density at radius 2 is 1.90 bits per heavy atom. The summed E-state index contributed by atoms with van der Waals surface area (Å²) in [5.41, 5.74) is 0.116. The summed E-state index contributed by atoms with van der Waals surface area (Å²) in [6, 6.07) is 1.16. The normalized spacial score (nSPS) is 12.3. The summed E-state index contributed by atoms with van der Waals surface area (Å²) < 4.78 is 46.6. The Hall–Kier alpha value is -1.06. The molecule has 7 nitrogen and oxygen atoms in total. The van der Waals surface area contributed by atoms with E-state index in [2.05, 4.69) is 5.32 Å². The van der Waals surface area contributed by atoms with Gasteiger partial charge in [0, 0.05) is 35.7 Å². The molecule has 0 atom stereocenters. The van der Waals surface area contributed by atoms with Crippen LogP contribution in [0.2, 0.25) is 0 Å². The fourth-order valence-electron chi connectivity index (χ4n) is 1.62. The van der Waals surface area contributed by atoms with Crippen LogP contribution in [0.1, 0.15) is 24.3 Å². The second kappa shape index (κ2) is 6.80. The van der Waals surface area contributed by atoms with Crippen molar-refractivity contribution < 1.29 is 21.6 Å². The summed E-state index contributed by atoms with van der Waals surface area (Å²) in [4.78, 5) is 11.8. The molecule has 0 aromatic carbocycles. The molecule has 1 heterocycles. The Kier molecular flexibility index (Phi) is 5.83. The van der Waals surface area contributed by atoms with Gasteiger partial charge in [-0.1, -0.05) is 6.92 Å². The lowest BCUT2D eigenvalue weighted by molar-refractivity contribution is 0.0947. The Morgan fingerprint density at radius 1 is 1.29 bits per heavy atom. The van der Waals surface area contributed by atoms with Gasteiger partial charge in [0.15, 0.2) is 9.84 Å². The molecule has 10 heteroatoms. The van der Waals surface area contributed by atoms with Gasteiger partial charge in [0.05, 0.1) is 5.75 Å². The van der Waals surface area contributed by atoms with E-state index in [0.29, 0.717) is 6.54 Å². The molecular formula is C11H17ClN2O5S2. The Morgan fingerprint density at radius 3 is 2.38 bits per heavy atom. The molecule has 0 aliphatic carbocycles. The first kappa shape index (κ1) is 18.0. The number of halogens is 1. The smallest absolute Gasteiger partial charge is 0.267 e. The van der Waals surface area contributed by atoms with Crippen molar-refractivity contribution in [3.8, 4) is 0 Å². The molecule has 0 spiro atoms. The van der Waals surface area contributed by atoms with Gasteiger partial charge >= 0.3 is 0 Å². The first-order valence-electron chi connectivity index (χ1n) is 6.24. The zero-order chi connectivity index (χ0) is 16.3. The van der Waals surface area contributed by atoms with E-state index in [0.717, 1.165) is 6.07 Å². The highest BCUT2D eigenvalue weighted by molar-refractivity contribution is 8.13. The third kappa shape index (κ3) is 5.01. The molecule has 0 radical (unpaired) electrons. The van der Waals surface area contributed by atoms with E-state index in [1.165, 1.54) is 17.7 Å². The van der Waals surface area contributed by atoms with E-state index >= 15 is 0 Å². The van der Waals surface area contributed by atoms with Gasteiger partial charge in [0.2, 0.25) is 0 Å². The minimum Gasteiger partial charge on any atom is -0.350 e. The Balaban J connectivity index is 2.86. The third-order valence-electron chi connectivity index (χ3n) is 2.86. The summed E-state index contributed by atoms with van der Waals surface area (Å²) in [7, 11) is -1.85. The molecule has 1 N–H and O–H groups in total. The predicted octanol–water partition coefficient (Wildman–Crippen LogP) is 0.600. The second-order valence-electron chi connectivity index (χ2n) is 4.28. The van der Waals surface area contributed by atoms with E-state index in [4.69, 9.17) is 10.7 Å². The van der Waals surface area contributed by atoms with Crippen LogP contribution in [0.15, 0.2) is 17.2 Å². The van der Waals surface area contributed by atoms with Crippen molar-refractivity contribution in [1.29, 1.82) is 0 Å². The van der Waals surface area contributed by atoms with E-state index in [9.17, 15) is 21.6 Å². The Bertz CT molecular complexity index is 722. The second-order valence-corrected chi connectivity index (χ2v) is 9.32. The number of rotatable bonds is 7. The monoisotopic (exact) mass is 356 g/mol. The molecule has 120 valence electrons. The topological polar surface area (TPSA) is 102 Å². The highest BCUT2D eigenvalue weighted by atomic mass is 35.7. The number of amides is 1. The molecule has 0 saturated carbocycles. The molecule has 0 saturated heterocycles. The molecule has 0 unspecified atom stereocenters. The number of carbonyl (C=O) groups excluding carboxylic acids is 1. The predicted molar refractivity (Wildman–Crippen MR) is 79.8 cm³/mol. The van der Waals surface area contributed by atoms with Gasteiger partial charge in [-0.15, -0.1) is 0 Å². The van der Waals surface area contributed by atoms with Crippen LogP contribution in [0, 0.1) is 0 Å². The average Bonchev–Trinajstić information content (AvgIpc) is 2.82. The lowest BCUT2D eigenvalue weighted by Crippen LogP contribution is -2.30. The number of aromatic nitrogens is 1. The van der Waals surface area contributed by atoms with Gasteiger partial charge in [-0.05, 0) is 13.0 Å². The maximum Gasteiger partial charge on any atom is 0.267 e. The van der Waals surface area contributed by atoms with E-state index in [1.54, 1.807) is 6.92 Å². The van der Waals surface area contributed by atoms with Gasteiger partial charge < -0.3 is 9.88 Å². The summed E-state index contributed by atoms with van der Waals surface area (Å²) in [6.45, 7) is 3.61. The Labute approximate surface area is 128 Å². The first-order chi connectivity index (χ1) is 9.60. The molecule has 0 fully saturated rings. The van der Waals surface area contributed by atoms with Gasteiger partial charge in [-0.25, -0.2) is 16.8 Å². The average molecular weight is 357 g/mol. The van der Waals surface area contributed by atoms with Crippen LogP contribution >= 0.6 is 10.7 Å². The van der Waals surface area contributed by atoms with Crippen LogP contribution in [0.4, 0.5) is 0 Å². The third-order valence-corrected chi connectivity index (χ3v) is 5.89. The van der Waals surface area contributed by atoms with Gasteiger partial charge in [0.25, 0.3) is 15.0 Å². The molecule has 1 amide bonds. The number of nitrogens with zero attached hydrogens (tertiary/aromatic N) is 1. The lowest BCUT2D eigenvalue weighted by atomic mass is 10.4. The first-order valence-corrected chi connectivity index (χ1v) is 10.4. The highest BCUT2D eigenvalue weighted by Gasteiger charge is 2.19. The fraction of sp³-hybridized carbons (Fsp3) is 0.545. The van der Waals surface area contributed by atoms with Crippen LogP contribution in [0.25, 0.3) is 0 Å². The van der Waals surface area contributed by atoms with Crippen molar-refractivity contribution in [3.05, 3.63) is 18.0 Å². The standard InChI is InChI=1S/C11H17ClN2O5S2/c1-3-14-8-9(21(12,18)19)7-10(14)11(15)13-5-6-20(16,17)4-2/h7-8H,3-6H2,1-2H3,(H,13,15). The number of hydrogen-bond donors (Lipinski definition) is 1. The maximum atomic E-state index is 12.0. The molecule has 21 heavy (non-hydrogen) atoms. The van der Waals surface area contributed by atoms with E-state index in [-0.39, 0.29) is 28.6 Å². The largest absolute Gasteiger partial charge is 0.350 e. The highest BCUT2D eigenvalue weighted by Crippen LogP contribution is 2.18. The summed E-state index contributed by atoms with van der Waals surface area (Å²) in [5.74, 6) is -0.708. The minimum absolute atomic E-state index is 0.00282. The van der Waals surface area contributed by atoms with Crippen molar-refractivity contribution >= 4 is 35.5 Å². The summed E-state index contributed by atoms with van der Waals surface area (Å²) in [6.07, 6.45) is 1.26. The number of carbonyl (C=O) groups is 1. The number of hydrogen-bond acceptors (Lipinski definition) is 5. The van der Waals surface area contributed by atoms with Crippen molar-refractivity contribution in [1.82, 2.24) is 9.88 Å². The quantitative estimate of drug-likeness (QED) is 0.721. The summed E-state index contributed by atoms with van der Waals surface area (Å²) in [5, 5.41) is 2.45. The van der Waals surface area contributed by atoms with Crippen molar-refractivity contribution in [2.45, 2.75) is 25.3 Å². The van der Waals surface area contributed by atoms with Gasteiger partial charge in [0.1, 0.15) is 10.6 Å². The van der Waals surface area contributed by atoms with E-state index in [1.807, 2.05) is 0 Å².